The maximum atomic E-state index is 11.8. The Kier molecular flexibility index (Phi) is 6.96. The van der Waals surface area contributed by atoms with Crippen molar-refractivity contribution in [3.8, 4) is 0 Å². The van der Waals surface area contributed by atoms with Crippen molar-refractivity contribution >= 4 is 17.8 Å². The monoisotopic (exact) mass is 286 g/mol. The minimum atomic E-state index is -1.09. The SMILES string of the molecule is N[C@@H](CCNC(=O)CCC(=O)N1CCNCC1)C(=O)O. The Morgan fingerprint density at radius 1 is 1.25 bits per heavy atom. The van der Waals surface area contributed by atoms with E-state index in [0.29, 0.717) is 13.1 Å². The predicted octanol–water partition coefficient (Wildman–Crippen LogP) is -1.88. The fourth-order valence-corrected chi connectivity index (χ4v) is 1.87. The summed E-state index contributed by atoms with van der Waals surface area (Å²) in [6.45, 7) is 3.12. The van der Waals surface area contributed by atoms with E-state index < -0.39 is 12.0 Å². The molecule has 1 atom stereocenters. The van der Waals surface area contributed by atoms with Gasteiger partial charge in [-0.3, -0.25) is 14.4 Å². The van der Waals surface area contributed by atoms with Gasteiger partial charge in [0.15, 0.2) is 0 Å². The van der Waals surface area contributed by atoms with Crippen molar-refractivity contribution in [2.75, 3.05) is 32.7 Å². The van der Waals surface area contributed by atoms with Crippen LogP contribution in [0.25, 0.3) is 0 Å². The molecule has 5 N–H and O–H groups in total. The van der Waals surface area contributed by atoms with E-state index in [2.05, 4.69) is 10.6 Å². The number of carboxylic acids is 1. The summed E-state index contributed by atoms with van der Waals surface area (Å²) in [7, 11) is 0. The minimum Gasteiger partial charge on any atom is -0.480 e. The molecule has 8 nitrogen and oxygen atoms in total. The molecule has 0 bridgehead atoms. The van der Waals surface area contributed by atoms with Gasteiger partial charge in [-0.25, -0.2) is 0 Å². The van der Waals surface area contributed by atoms with Crippen LogP contribution in [-0.4, -0.2) is 66.6 Å². The zero-order valence-corrected chi connectivity index (χ0v) is 11.4. The first-order valence-corrected chi connectivity index (χ1v) is 6.74. The van der Waals surface area contributed by atoms with Gasteiger partial charge in [-0.2, -0.15) is 0 Å². The standard InChI is InChI=1S/C12H22N4O4/c13-9(12(19)20)3-4-15-10(17)1-2-11(18)16-7-5-14-6-8-16/h9,14H,1-8,13H2,(H,15,17)(H,19,20)/t9-/m0/s1. The number of piperazine rings is 1. The molecule has 1 aliphatic rings. The lowest BCUT2D eigenvalue weighted by Crippen LogP contribution is -2.46. The van der Waals surface area contributed by atoms with Gasteiger partial charge in [0.1, 0.15) is 6.04 Å². The Bertz CT molecular complexity index is 355. The number of nitrogens with zero attached hydrogens (tertiary/aromatic N) is 1. The Hall–Kier alpha value is -1.67. The van der Waals surface area contributed by atoms with Gasteiger partial charge in [0.25, 0.3) is 0 Å². The number of rotatable bonds is 7. The van der Waals surface area contributed by atoms with Crippen molar-refractivity contribution in [1.29, 1.82) is 0 Å². The summed E-state index contributed by atoms with van der Waals surface area (Å²) in [4.78, 5) is 35.5. The van der Waals surface area contributed by atoms with Gasteiger partial charge < -0.3 is 26.4 Å². The number of nitrogens with two attached hydrogens (primary N) is 1. The van der Waals surface area contributed by atoms with E-state index in [1.807, 2.05) is 0 Å². The molecule has 1 fully saturated rings. The van der Waals surface area contributed by atoms with E-state index in [9.17, 15) is 14.4 Å². The van der Waals surface area contributed by atoms with Crippen LogP contribution in [0.2, 0.25) is 0 Å². The van der Waals surface area contributed by atoms with Gasteiger partial charge in [0, 0.05) is 45.6 Å². The fraction of sp³-hybridized carbons (Fsp3) is 0.750. The number of hydrogen-bond donors (Lipinski definition) is 4. The zero-order chi connectivity index (χ0) is 15.0. The van der Waals surface area contributed by atoms with Gasteiger partial charge >= 0.3 is 5.97 Å². The van der Waals surface area contributed by atoms with E-state index in [4.69, 9.17) is 10.8 Å². The van der Waals surface area contributed by atoms with Gasteiger partial charge in [-0.1, -0.05) is 0 Å². The number of hydrogen-bond acceptors (Lipinski definition) is 5. The summed E-state index contributed by atoms with van der Waals surface area (Å²) in [6.07, 6.45) is 0.467. The van der Waals surface area contributed by atoms with Crippen LogP contribution in [-0.2, 0) is 14.4 Å². The Labute approximate surface area is 117 Å². The van der Waals surface area contributed by atoms with E-state index in [0.717, 1.165) is 13.1 Å². The third-order valence-corrected chi connectivity index (χ3v) is 3.13. The second-order valence-corrected chi connectivity index (χ2v) is 4.71. The fourth-order valence-electron chi connectivity index (χ4n) is 1.87. The van der Waals surface area contributed by atoms with E-state index in [-0.39, 0.29) is 37.6 Å². The highest BCUT2D eigenvalue weighted by Crippen LogP contribution is 2.00. The van der Waals surface area contributed by atoms with Crippen molar-refractivity contribution in [2.24, 2.45) is 5.73 Å². The average molecular weight is 286 g/mol. The van der Waals surface area contributed by atoms with Crippen LogP contribution in [0.4, 0.5) is 0 Å². The Morgan fingerprint density at radius 2 is 1.90 bits per heavy atom. The molecule has 0 aromatic rings. The number of carbonyl (C=O) groups is 3. The maximum Gasteiger partial charge on any atom is 0.320 e. The van der Waals surface area contributed by atoms with Gasteiger partial charge in [0.2, 0.25) is 11.8 Å². The summed E-state index contributed by atoms with van der Waals surface area (Å²) in [5.41, 5.74) is 5.30. The van der Waals surface area contributed by atoms with E-state index in [1.54, 1.807) is 4.90 Å². The number of carboxylic acid groups (broad SMARTS) is 1. The van der Waals surface area contributed by atoms with Crippen molar-refractivity contribution < 1.29 is 19.5 Å². The number of carbonyl (C=O) groups excluding carboxylic acids is 2. The lowest BCUT2D eigenvalue weighted by Gasteiger charge is -2.27. The molecule has 2 amide bonds. The lowest BCUT2D eigenvalue weighted by atomic mass is 10.2. The third-order valence-electron chi connectivity index (χ3n) is 3.13. The van der Waals surface area contributed by atoms with Crippen LogP contribution in [0.5, 0.6) is 0 Å². The molecule has 1 rings (SSSR count). The molecule has 1 aliphatic heterocycles. The Morgan fingerprint density at radius 3 is 2.50 bits per heavy atom. The minimum absolute atomic E-state index is 0.0242. The van der Waals surface area contributed by atoms with Gasteiger partial charge in [-0.15, -0.1) is 0 Å². The van der Waals surface area contributed by atoms with Crippen molar-refractivity contribution in [3.05, 3.63) is 0 Å². The maximum absolute atomic E-state index is 11.8. The van der Waals surface area contributed by atoms with Crippen molar-refractivity contribution in [1.82, 2.24) is 15.5 Å². The molecule has 0 radical (unpaired) electrons. The van der Waals surface area contributed by atoms with Crippen molar-refractivity contribution in [2.45, 2.75) is 25.3 Å². The first-order chi connectivity index (χ1) is 9.50. The highest BCUT2D eigenvalue weighted by molar-refractivity contribution is 5.83. The van der Waals surface area contributed by atoms with Crippen molar-refractivity contribution in [3.63, 3.8) is 0 Å². The van der Waals surface area contributed by atoms with Crippen LogP contribution < -0.4 is 16.4 Å². The van der Waals surface area contributed by atoms with Crippen LogP contribution in [0.3, 0.4) is 0 Å². The summed E-state index contributed by atoms with van der Waals surface area (Å²) in [5.74, 6) is -1.37. The summed E-state index contributed by atoms with van der Waals surface area (Å²) >= 11 is 0. The summed E-state index contributed by atoms with van der Waals surface area (Å²) in [5, 5.41) is 14.3. The van der Waals surface area contributed by atoms with Crippen LogP contribution in [0.1, 0.15) is 19.3 Å². The molecule has 1 saturated heterocycles. The number of aliphatic carboxylic acids is 1. The second kappa shape index (κ2) is 8.49. The van der Waals surface area contributed by atoms with E-state index >= 15 is 0 Å². The number of amides is 2. The molecule has 1 heterocycles. The topological polar surface area (TPSA) is 125 Å². The number of nitrogens with one attached hydrogen (secondary N) is 2. The Balaban J connectivity index is 2.13. The van der Waals surface area contributed by atoms with Crippen LogP contribution >= 0.6 is 0 Å². The first-order valence-electron chi connectivity index (χ1n) is 6.74. The molecule has 114 valence electrons. The molecule has 0 saturated carbocycles. The molecule has 8 heteroatoms. The first kappa shape index (κ1) is 16.4. The highest BCUT2D eigenvalue weighted by atomic mass is 16.4. The normalized spacial score (nSPS) is 16.6. The average Bonchev–Trinajstić information content (AvgIpc) is 2.45. The van der Waals surface area contributed by atoms with Crippen LogP contribution in [0, 0.1) is 0 Å². The molecule has 0 aliphatic carbocycles. The summed E-state index contributed by atoms with van der Waals surface area (Å²) < 4.78 is 0. The van der Waals surface area contributed by atoms with Gasteiger partial charge in [-0.05, 0) is 6.42 Å². The third kappa shape index (κ3) is 5.98. The summed E-state index contributed by atoms with van der Waals surface area (Å²) in [6, 6.07) is -0.974. The second-order valence-electron chi connectivity index (χ2n) is 4.71. The van der Waals surface area contributed by atoms with Gasteiger partial charge in [0.05, 0.1) is 0 Å². The predicted molar refractivity (Wildman–Crippen MR) is 71.9 cm³/mol. The van der Waals surface area contributed by atoms with E-state index in [1.165, 1.54) is 0 Å². The molecule has 0 spiro atoms. The van der Waals surface area contributed by atoms with Crippen LogP contribution in [0.15, 0.2) is 0 Å². The quantitative estimate of drug-likeness (QED) is 0.434. The molecular weight excluding hydrogens is 264 g/mol. The molecular formula is C12H22N4O4. The smallest absolute Gasteiger partial charge is 0.320 e. The molecule has 0 unspecified atom stereocenters. The lowest BCUT2D eigenvalue weighted by molar-refractivity contribution is -0.138. The molecule has 0 aromatic carbocycles. The largest absolute Gasteiger partial charge is 0.480 e. The highest BCUT2D eigenvalue weighted by Gasteiger charge is 2.17. The zero-order valence-electron chi connectivity index (χ0n) is 11.4. The molecule has 0 aromatic heterocycles. The molecule has 20 heavy (non-hydrogen) atoms.